The van der Waals surface area contributed by atoms with Crippen molar-refractivity contribution in [2.45, 2.75) is 13.8 Å². The van der Waals surface area contributed by atoms with Gasteiger partial charge in [0.25, 0.3) is 11.8 Å². The summed E-state index contributed by atoms with van der Waals surface area (Å²) < 4.78 is 28.4. The molecule has 0 fully saturated rings. The minimum absolute atomic E-state index is 0.0136. The van der Waals surface area contributed by atoms with Crippen molar-refractivity contribution in [2.24, 2.45) is 0 Å². The molecule has 0 spiro atoms. The molecule has 3 rings (SSSR count). The van der Waals surface area contributed by atoms with Crippen LogP contribution in [0.2, 0.25) is 0 Å². The normalized spacial score (nSPS) is 10.6. The summed E-state index contributed by atoms with van der Waals surface area (Å²) in [6.45, 7) is 3.09. The Balaban J connectivity index is 1.82. The van der Waals surface area contributed by atoms with Crippen LogP contribution in [0.25, 0.3) is 5.69 Å². The van der Waals surface area contributed by atoms with Gasteiger partial charge < -0.3 is 5.11 Å². The predicted molar refractivity (Wildman–Crippen MR) is 96.0 cm³/mol. The second-order valence-electron chi connectivity index (χ2n) is 5.98. The molecule has 0 atom stereocenters. The SMILES string of the molecule is Cc1nn(-c2ccc(F)cc2F)c(C)c1C(=O)NNC(=O)c1ccccc1O. The molecule has 9 heteroatoms. The topological polar surface area (TPSA) is 96.3 Å². The summed E-state index contributed by atoms with van der Waals surface area (Å²) in [6.07, 6.45) is 0. The van der Waals surface area contributed by atoms with Gasteiger partial charge in [0, 0.05) is 6.07 Å². The van der Waals surface area contributed by atoms with E-state index in [0.717, 1.165) is 12.1 Å². The van der Waals surface area contributed by atoms with Gasteiger partial charge >= 0.3 is 0 Å². The highest BCUT2D eigenvalue weighted by atomic mass is 19.1. The molecule has 0 saturated carbocycles. The lowest BCUT2D eigenvalue weighted by molar-refractivity contribution is 0.0844. The Morgan fingerprint density at radius 3 is 2.39 bits per heavy atom. The Morgan fingerprint density at radius 1 is 1.04 bits per heavy atom. The van der Waals surface area contributed by atoms with Crippen LogP contribution < -0.4 is 10.9 Å². The van der Waals surface area contributed by atoms with Crippen LogP contribution in [0.1, 0.15) is 32.1 Å². The lowest BCUT2D eigenvalue weighted by Gasteiger charge is -2.09. The number of aromatic nitrogens is 2. The highest BCUT2D eigenvalue weighted by Gasteiger charge is 2.22. The van der Waals surface area contributed by atoms with E-state index < -0.39 is 23.4 Å². The third kappa shape index (κ3) is 3.54. The number of amides is 2. The molecule has 7 nitrogen and oxygen atoms in total. The third-order valence-electron chi connectivity index (χ3n) is 4.09. The first-order valence-corrected chi connectivity index (χ1v) is 8.20. The molecular formula is C19H16F2N4O3. The van der Waals surface area contributed by atoms with Gasteiger partial charge in [-0.3, -0.25) is 20.4 Å². The van der Waals surface area contributed by atoms with Crippen LogP contribution in [0.15, 0.2) is 42.5 Å². The van der Waals surface area contributed by atoms with E-state index in [4.69, 9.17) is 0 Å². The summed E-state index contributed by atoms with van der Waals surface area (Å²) in [5, 5.41) is 13.8. The third-order valence-corrected chi connectivity index (χ3v) is 4.09. The van der Waals surface area contributed by atoms with Gasteiger partial charge in [-0.25, -0.2) is 13.5 Å². The summed E-state index contributed by atoms with van der Waals surface area (Å²) in [5.74, 6) is -3.18. The summed E-state index contributed by atoms with van der Waals surface area (Å²) in [5.41, 5.74) is 5.13. The standard InChI is InChI=1S/C19H16F2N4O3/c1-10-17(11(2)25(24-10)15-8-7-12(20)9-14(15)21)19(28)23-22-18(27)13-5-3-4-6-16(13)26/h3-9,26H,1-2H3,(H,22,27)(H,23,28). The second kappa shape index (κ2) is 7.47. The Hall–Kier alpha value is -3.75. The average molecular weight is 386 g/mol. The highest BCUT2D eigenvalue weighted by molar-refractivity contribution is 6.01. The largest absolute Gasteiger partial charge is 0.507 e. The molecule has 2 amide bonds. The van der Waals surface area contributed by atoms with Crippen molar-refractivity contribution in [3.05, 3.63) is 76.6 Å². The van der Waals surface area contributed by atoms with Crippen molar-refractivity contribution < 1.29 is 23.5 Å². The van der Waals surface area contributed by atoms with Crippen molar-refractivity contribution in [1.29, 1.82) is 0 Å². The second-order valence-corrected chi connectivity index (χ2v) is 5.98. The number of aryl methyl sites for hydroxylation is 1. The molecule has 0 saturated heterocycles. The minimum atomic E-state index is -0.828. The molecule has 0 radical (unpaired) electrons. The van der Waals surface area contributed by atoms with E-state index in [0.29, 0.717) is 5.69 Å². The number of para-hydroxylation sites is 1. The number of halogens is 2. The van der Waals surface area contributed by atoms with Gasteiger partial charge in [0.15, 0.2) is 5.82 Å². The maximum Gasteiger partial charge on any atom is 0.273 e. The van der Waals surface area contributed by atoms with E-state index in [1.54, 1.807) is 26.0 Å². The number of rotatable bonds is 3. The Kier molecular flexibility index (Phi) is 5.08. The van der Waals surface area contributed by atoms with Crippen molar-refractivity contribution in [1.82, 2.24) is 20.6 Å². The Bertz CT molecular complexity index is 1080. The molecule has 0 aliphatic rings. The van der Waals surface area contributed by atoms with Crippen LogP contribution in [0.5, 0.6) is 5.75 Å². The number of hydrazine groups is 1. The molecule has 2 aromatic carbocycles. The summed E-state index contributed by atoms with van der Waals surface area (Å²) >= 11 is 0. The number of benzene rings is 2. The van der Waals surface area contributed by atoms with Crippen LogP contribution in [0, 0.1) is 25.5 Å². The zero-order chi connectivity index (χ0) is 20.4. The monoisotopic (exact) mass is 386 g/mol. The molecule has 3 N–H and O–H groups in total. The van der Waals surface area contributed by atoms with Gasteiger partial charge in [0.1, 0.15) is 17.3 Å². The number of hydrogen-bond acceptors (Lipinski definition) is 4. The quantitative estimate of drug-likeness (QED) is 0.603. The number of carbonyl (C=O) groups is 2. The Morgan fingerprint density at radius 2 is 1.71 bits per heavy atom. The molecule has 144 valence electrons. The molecule has 0 aliphatic heterocycles. The van der Waals surface area contributed by atoms with E-state index in [1.165, 1.54) is 22.9 Å². The van der Waals surface area contributed by atoms with Crippen molar-refractivity contribution in [2.75, 3.05) is 0 Å². The van der Waals surface area contributed by atoms with Crippen molar-refractivity contribution in [3.8, 4) is 11.4 Å². The summed E-state index contributed by atoms with van der Waals surface area (Å²) in [4.78, 5) is 24.6. The molecule has 28 heavy (non-hydrogen) atoms. The number of aromatic hydroxyl groups is 1. The minimum Gasteiger partial charge on any atom is -0.507 e. The van der Waals surface area contributed by atoms with Crippen LogP contribution in [0.4, 0.5) is 8.78 Å². The zero-order valence-electron chi connectivity index (χ0n) is 15.0. The van der Waals surface area contributed by atoms with Crippen molar-refractivity contribution in [3.63, 3.8) is 0 Å². The van der Waals surface area contributed by atoms with E-state index in [9.17, 15) is 23.5 Å². The number of nitrogens with one attached hydrogen (secondary N) is 2. The van der Waals surface area contributed by atoms with Crippen molar-refractivity contribution >= 4 is 11.8 Å². The first-order valence-electron chi connectivity index (χ1n) is 8.20. The molecule has 0 aliphatic carbocycles. The molecule has 1 aromatic heterocycles. The van der Waals surface area contributed by atoms with Crippen LogP contribution in [-0.2, 0) is 0 Å². The first kappa shape index (κ1) is 19.0. The van der Waals surface area contributed by atoms with E-state index >= 15 is 0 Å². The van der Waals surface area contributed by atoms with Gasteiger partial charge in [0.05, 0.1) is 22.5 Å². The highest BCUT2D eigenvalue weighted by Crippen LogP contribution is 2.21. The molecule has 0 bridgehead atoms. The van der Waals surface area contributed by atoms with E-state index in [-0.39, 0.29) is 28.3 Å². The van der Waals surface area contributed by atoms with Crippen LogP contribution >= 0.6 is 0 Å². The predicted octanol–water partition coefficient (Wildman–Crippen LogP) is 2.55. The fraction of sp³-hybridized carbons (Fsp3) is 0.105. The molecule has 3 aromatic rings. The number of phenolic OH excluding ortho intramolecular Hbond substituents is 1. The molecule has 1 heterocycles. The summed E-state index contributed by atoms with van der Waals surface area (Å²) in [7, 11) is 0. The van der Waals surface area contributed by atoms with Gasteiger partial charge in [-0.05, 0) is 38.1 Å². The molecule has 0 unspecified atom stereocenters. The zero-order valence-corrected chi connectivity index (χ0v) is 15.0. The van der Waals surface area contributed by atoms with Crippen LogP contribution in [0.3, 0.4) is 0 Å². The molecular weight excluding hydrogens is 370 g/mol. The summed E-state index contributed by atoms with van der Waals surface area (Å²) in [6, 6.07) is 8.87. The van der Waals surface area contributed by atoms with Crippen LogP contribution in [-0.4, -0.2) is 26.7 Å². The van der Waals surface area contributed by atoms with E-state index in [1.807, 2.05) is 0 Å². The number of nitrogens with zero attached hydrogens (tertiary/aromatic N) is 2. The smallest absolute Gasteiger partial charge is 0.273 e. The number of phenols is 1. The maximum atomic E-state index is 14.1. The lowest BCUT2D eigenvalue weighted by Crippen LogP contribution is -2.42. The first-order chi connectivity index (χ1) is 13.3. The fourth-order valence-corrected chi connectivity index (χ4v) is 2.77. The van der Waals surface area contributed by atoms with Gasteiger partial charge in [0.2, 0.25) is 0 Å². The van der Waals surface area contributed by atoms with Gasteiger partial charge in [-0.15, -0.1) is 0 Å². The lowest BCUT2D eigenvalue weighted by atomic mass is 10.2. The van der Waals surface area contributed by atoms with Gasteiger partial charge in [-0.1, -0.05) is 12.1 Å². The fourth-order valence-electron chi connectivity index (χ4n) is 2.77. The average Bonchev–Trinajstić information content (AvgIpc) is 2.94. The maximum absolute atomic E-state index is 14.1. The van der Waals surface area contributed by atoms with E-state index in [2.05, 4.69) is 16.0 Å². The number of hydrogen-bond donors (Lipinski definition) is 3. The number of carbonyl (C=O) groups excluding carboxylic acids is 2. The van der Waals surface area contributed by atoms with Gasteiger partial charge in [-0.2, -0.15) is 5.10 Å². The Labute approximate surface area is 158 Å².